The summed E-state index contributed by atoms with van der Waals surface area (Å²) in [5.74, 6) is 0.549. The number of anilines is 1. The fourth-order valence-corrected chi connectivity index (χ4v) is 3.91. The Kier molecular flexibility index (Phi) is 5.73. The van der Waals surface area contributed by atoms with Crippen LogP contribution in [0, 0.1) is 18.3 Å². The Morgan fingerprint density at radius 1 is 1.35 bits per heavy atom. The van der Waals surface area contributed by atoms with E-state index in [0.717, 1.165) is 37.9 Å². The first kappa shape index (κ1) is 19.0. The maximum absolute atomic E-state index is 12.3. The van der Waals surface area contributed by atoms with Crippen molar-refractivity contribution in [2.75, 3.05) is 32.1 Å². The van der Waals surface area contributed by atoms with E-state index in [1.54, 1.807) is 12.1 Å². The predicted molar refractivity (Wildman–Crippen MR) is 102 cm³/mol. The van der Waals surface area contributed by atoms with Crippen molar-refractivity contribution in [2.24, 2.45) is 11.3 Å². The minimum Gasteiger partial charge on any atom is -0.495 e. The van der Waals surface area contributed by atoms with Crippen molar-refractivity contribution in [1.29, 1.82) is 0 Å². The van der Waals surface area contributed by atoms with E-state index in [0.29, 0.717) is 23.0 Å². The number of aryl methyl sites for hydroxylation is 1. The zero-order chi connectivity index (χ0) is 18.7. The van der Waals surface area contributed by atoms with E-state index in [-0.39, 0.29) is 29.6 Å². The van der Waals surface area contributed by atoms with Gasteiger partial charge in [0.2, 0.25) is 11.8 Å². The van der Waals surface area contributed by atoms with E-state index in [1.807, 2.05) is 6.92 Å². The van der Waals surface area contributed by atoms with Gasteiger partial charge in [-0.15, -0.1) is 0 Å². The van der Waals surface area contributed by atoms with Gasteiger partial charge in [0.15, 0.2) is 0 Å². The molecule has 1 aromatic carbocycles. The molecule has 1 aliphatic heterocycles. The molecule has 0 bridgehead atoms. The fourth-order valence-electron chi connectivity index (χ4n) is 3.76. The Bertz CT molecular complexity index is 702. The van der Waals surface area contributed by atoms with Crippen LogP contribution in [0.15, 0.2) is 12.1 Å². The molecule has 1 saturated carbocycles. The van der Waals surface area contributed by atoms with Crippen LogP contribution in [0.2, 0.25) is 5.02 Å². The largest absolute Gasteiger partial charge is 0.495 e. The molecule has 26 heavy (non-hydrogen) atoms. The molecule has 1 saturated heterocycles. The second-order valence-corrected chi connectivity index (χ2v) is 7.67. The zero-order valence-electron chi connectivity index (χ0n) is 15.3. The number of benzene rings is 1. The first-order chi connectivity index (χ1) is 12.4. The van der Waals surface area contributed by atoms with Crippen LogP contribution >= 0.6 is 11.6 Å². The summed E-state index contributed by atoms with van der Waals surface area (Å²) in [6.45, 7) is 4.19. The maximum atomic E-state index is 12.3. The quantitative estimate of drug-likeness (QED) is 0.709. The van der Waals surface area contributed by atoms with Crippen LogP contribution in [0.4, 0.5) is 5.69 Å². The molecule has 142 valence electrons. The normalized spacial score (nSPS) is 20.5. The second-order valence-electron chi connectivity index (χ2n) is 7.26. The molecule has 6 nitrogen and oxygen atoms in total. The molecule has 1 unspecified atom stereocenters. The van der Waals surface area contributed by atoms with Gasteiger partial charge >= 0.3 is 0 Å². The molecular formula is C19H26ClN3O3. The molecule has 3 N–H and O–H groups in total. The molecule has 0 radical (unpaired) electrons. The van der Waals surface area contributed by atoms with Crippen molar-refractivity contribution in [1.82, 2.24) is 10.6 Å². The van der Waals surface area contributed by atoms with Crippen LogP contribution in [-0.2, 0) is 9.59 Å². The van der Waals surface area contributed by atoms with E-state index in [9.17, 15) is 9.59 Å². The highest BCUT2D eigenvalue weighted by Gasteiger charge is 2.57. The number of methoxy groups -OCH3 is 1. The maximum Gasteiger partial charge on any atom is 0.226 e. The van der Waals surface area contributed by atoms with Crippen LogP contribution in [0.1, 0.15) is 31.2 Å². The molecule has 1 aromatic rings. The number of hydrogen-bond donors (Lipinski definition) is 3. The smallest absolute Gasteiger partial charge is 0.226 e. The predicted octanol–water partition coefficient (Wildman–Crippen LogP) is 2.49. The van der Waals surface area contributed by atoms with Gasteiger partial charge in [0, 0.05) is 30.0 Å². The lowest BCUT2D eigenvalue weighted by molar-refractivity contribution is -0.123. The first-order valence-electron chi connectivity index (χ1n) is 9.07. The fraction of sp³-hybridized carbons (Fsp3) is 0.579. The lowest BCUT2D eigenvalue weighted by atomic mass is 9.92. The Labute approximate surface area is 159 Å². The lowest BCUT2D eigenvalue weighted by Gasteiger charge is -2.23. The summed E-state index contributed by atoms with van der Waals surface area (Å²) in [5.41, 5.74) is 1.66. The van der Waals surface area contributed by atoms with E-state index >= 15 is 0 Å². The van der Waals surface area contributed by atoms with Crippen molar-refractivity contribution >= 4 is 29.1 Å². The van der Waals surface area contributed by atoms with Crippen LogP contribution in [-0.4, -0.2) is 38.6 Å². The summed E-state index contributed by atoms with van der Waals surface area (Å²) >= 11 is 6.07. The van der Waals surface area contributed by atoms with E-state index < -0.39 is 0 Å². The minimum absolute atomic E-state index is 0.0830. The number of amides is 2. The van der Waals surface area contributed by atoms with Crippen LogP contribution < -0.4 is 20.7 Å². The highest BCUT2D eigenvalue weighted by atomic mass is 35.5. The van der Waals surface area contributed by atoms with E-state index in [4.69, 9.17) is 16.3 Å². The molecule has 2 fully saturated rings. The highest BCUT2D eigenvalue weighted by Crippen LogP contribution is 2.58. The monoisotopic (exact) mass is 379 g/mol. The Balaban J connectivity index is 1.45. The van der Waals surface area contributed by atoms with Gasteiger partial charge in [-0.3, -0.25) is 9.59 Å². The van der Waals surface area contributed by atoms with Crippen molar-refractivity contribution in [3.8, 4) is 5.75 Å². The third-order valence-electron chi connectivity index (χ3n) is 5.51. The molecule has 7 heteroatoms. The molecule has 3 rings (SSSR count). The number of nitrogens with one attached hydrogen (secondary N) is 3. The molecule has 1 heterocycles. The molecular weight excluding hydrogens is 354 g/mol. The Hall–Kier alpha value is -1.79. The number of halogens is 1. The number of piperidine rings is 1. The van der Waals surface area contributed by atoms with Gasteiger partial charge in [0.1, 0.15) is 5.75 Å². The van der Waals surface area contributed by atoms with Gasteiger partial charge in [-0.05, 0) is 56.3 Å². The Morgan fingerprint density at radius 3 is 2.77 bits per heavy atom. The molecule has 2 aliphatic rings. The van der Waals surface area contributed by atoms with E-state index in [1.165, 1.54) is 7.11 Å². The molecule has 2 amide bonds. The lowest BCUT2D eigenvalue weighted by Crippen LogP contribution is -2.34. The molecule has 1 aliphatic carbocycles. The molecule has 1 spiro atoms. The van der Waals surface area contributed by atoms with Gasteiger partial charge in [0.25, 0.3) is 0 Å². The van der Waals surface area contributed by atoms with Gasteiger partial charge in [0.05, 0.1) is 12.8 Å². The van der Waals surface area contributed by atoms with E-state index in [2.05, 4.69) is 16.0 Å². The average Bonchev–Trinajstić information content (AvgIpc) is 3.31. The number of ether oxygens (including phenoxy) is 1. The molecule has 0 aromatic heterocycles. The van der Waals surface area contributed by atoms with Gasteiger partial charge in [-0.1, -0.05) is 11.6 Å². The Morgan fingerprint density at radius 2 is 2.08 bits per heavy atom. The van der Waals surface area contributed by atoms with Crippen LogP contribution in [0.3, 0.4) is 0 Å². The standard InChI is InChI=1S/C19H26ClN3O3/c1-12-9-15(16(26-2)10-14(12)20)23-17(24)3-6-22-18(25)13-11-19(13)4-7-21-8-5-19/h9-10,13,21H,3-8,11H2,1-2H3,(H,22,25)(H,23,24). The highest BCUT2D eigenvalue weighted by molar-refractivity contribution is 6.31. The van der Waals surface area contributed by atoms with Crippen molar-refractivity contribution in [3.05, 3.63) is 22.7 Å². The summed E-state index contributed by atoms with van der Waals surface area (Å²) in [6.07, 6.45) is 3.34. The van der Waals surface area contributed by atoms with Gasteiger partial charge in [-0.2, -0.15) is 0 Å². The third kappa shape index (κ3) is 4.13. The number of rotatable bonds is 6. The summed E-state index contributed by atoms with van der Waals surface area (Å²) < 4.78 is 5.25. The van der Waals surface area contributed by atoms with Gasteiger partial charge < -0.3 is 20.7 Å². The minimum atomic E-state index is -0.169. The number of carbonyl (C=O) groups is 2. The summed E-state index contributed by atoms with van der Waals surface area (Å²) in [7, 11) is 1.53. The van der Waals surface area contributed by atoms with Crippen molar-refractivity contribution < 1.29 is 14.3 Å². The molecule has 1 atom stereocenters. The van der Waals surface area contributed by atoms with Crippen molar-refractivity contribution in [3.63, 3.8) is 0 Å². The summed E-state index contributed by atoms with van der Waals surface area (Å²) in [4.78, 5) is 24.5. The van der Waals surface area contributed by atoms with Crippen molar-refractivity contribution in [2.45, 2.75) is 32.6 Å². The first-order valence-corrected chi connectivity index (χ1v) is 9.45. The van der Waals surface area contributed by atoms with Crippen LogP contribution in [0.5, 0.6) is 5.75 Å². The summed E-state index contributed by atoms with van der Waals surface area (Å²) in [6, 6.07) is 3.46. The van der Waals surface area contributed by atoms with Crippen LogP contribution in [0.25, 0.3) is 0 Å². The topological polar surface area (TPSA) is 79.5 Å². The summed E-state index contributed by atoms with van der Waals surface area (Å²) in [5, 5.41) is 9.65. The number of hydrogen-bond acceptors (Lipinski definition) is 4. The zero-order valence-corrected chi connectivity index (χ0v) is 16.0. The van der Waals surface area contributed by atoms with Gasteiger partial charge in [-0.25, -0.2) is 0 Å². The number of carbonyl (C=O) groups excluding carboxylic acids is 2. The average molecular weight is 380 g/mol. The SMILES string of the molecule is COc1cc(Cl)c(C)cc1NC(=O)CCNC(=O)C1CC12CCNCC2. The third-order valence-corrected chi connectivity index (χ3v) is 5.92. The second kappa shape index (κ2) is 7.84.